The highest BCUT2D eigenvalue weighted by Crippen LogP contribution is 2.20. The van der Waals surface area contributed by atoms with Gasteiger partial charge < -0.3 is 15.7 Å². The summed E-state index contributed by atoms with van der Waals surface area (Å²) < 4.78 is 1.82. The van der Waals surface area contributed by atoms with Gasteiger partial charge in [-0.15, -0.1) is 0 Å². The van der Waals surface area contributed by atoms with Crippen LogP contribution in [0, 0.1) is 19.8 Å². The smallest absolute Gasteiger partial charge is 0.0862 e. The van der Waals surface area contributed by atoms with E-state index in [2.05, 4.69) is 35.9 Å². The van der Waals surface area contributed by atoms with Crippen molar-refractivity contribution in [3.05, 3.63) is 11.4 Å². The van der Waals surface area contributed by atoms with Crippen LogP contribution < -0.4 is 5.73 Å². The second-order valence-electron chi connectivity index (χ2n) is 6.65. The van der Waals surface area contributed by atoms with Crippen LogP contribution in [0.2, 0.25) is 0 Å². The monoisotopic (exact) mass is 295 g/mol. The number of nitrogens with zero attached hydrogens (tertiary/aromatic N) is 4. The van der Waals surface area contributed by atoms with Crippen LogP contribution in [0.4, 0.5) is 5.69 Å². The molecule has 6 heteroatoms. The van der Waals surface area contributed by atoms with Crippen molar-refractivity contribution >= 4 is 5.69 Å². The molecule has 1 aliphatic heterocycles. The van der Waals surface area contributed by atoms with Crippen molar-refractivity contribution < 1.29 is 5.11 Å². The molecule has 0 spiro atoms. The van der Waals surface area contributed by atoms with Crippen molar-refractivity contribution in [2.24, 2.45) is 5.92 Å². The molecule has 1 aliphatic rings. The molecule has 0 radical (unpaired) electrons. The van der Waals surface area contributed by atoms with Gasteiger partial charge in [-0.25, -0.2) is 0 Å². The first-order valence-electron chi connectivity index (χ1n) is 7.66. The quantitative estimate of drug-likeness (QED) is 0.819. The zero-order valence-electron chi connectivity index (χ0n) is 13.9. The molecule has 3 atom stereocenters. The van der Waals surface area contributed by atoms with Gasteiger partial charge in [-0.3, -0.25) is 9.58 Å². The number of aryl methyl sites for hydroxylation is 1. The predicted molar refractivity (Wildman–Crippen MR) is 85.2 cm³/mol. The Balaban J connectivity index is 1.91. The summed E-state index contributed by atoms with van der Waals surface area (Å²) in [5, 5.41) is 14.7. The van der Waals surface area contributed by atoms with Crippen LogP contribution in [0.5, 0.6) is 0 Å². The fourth-order valence-electron chi connectivity index (χ4n) is 3.31. The number of aliphatic hydroxyl groups is 1. The molecule has 0 saturated carbocycles. The van der Waals surface area contributed by atoms with Gasteiger partial charge in [0.1, 0.15) is 0 Å². The molecule has 1 aromatic rings. The maximum absolute atomic E-state index is 10.3. The molecule has 1 saturated heterocycles. The van der Waals surface area contributed by atoms with Crippen molar-refractivity contribution in [2.75, 3.05) is 39.5 Å². The molecule has 3 N–H and O–H groups in total. The summed E-state index contributed by atoms with van der Waals surface area (Å²) in [7, 11) is 4.25. The van der Waals surface area contributed by atoms with Crippen LogP contribution in [0.15, 0.2) is 0 Å². The van der Waals surface area contributed by atoms with Crippen molar-refractivity contribution in [3.8, 4) is 0 Å². The third-order valence-electron chi connectivity index (χ3n) is 4.60. The molecule has 21 heavy (non-hydrogen) atoms. The first-order valence-corrected chi connectivity index (χ1v) is 7.66. The Morgan fingerprint density at radius 3 is 2.48 bits per heavy atom. The number of nitrogen functional groups attached to an aromatic ring is 1. The highest BCUT2D eigenvalue weighted by molar-refractivity contribution is 5.46. The lowest BCUT2D eigenvalue weighted by Crippen LogP contribution is -2.37. The fourth-order valence-corrected chi connectivity index (χ4v) is 3.31. The average Bonchev–Trinajstić information content (AvgIpc) is 2.86. The van der Waals surface area contributed by atoms with Gasteiger partial charge in [0.05, 0.1) is 29.7 Å². The third kappa shape index (κ3) is 3.56. The Bertz CT molecular complexity index is 485. The number of hydrogen-bond donors (Lipinski definition) is 2. The van der Waals surface area contributed by atoms with E-state index in [4.69, 9.17) is 5.73 Å². The third-order valence-corrected chi connectivity index (χ3v) is 4.60. The number of rotatable bonds is 5. The lowest BCUT2D eigenvalue weighted by atomic mass is 10.1. The van der Waals surface area contributed by atoms with Crippen molar-refractivity contribution in [1.82, 2.24) is 19.6 Å². The zero-order chi connectivity index (χ0) is 15.7. The van der Waals surface area contributed by atoms with E-state index < -0.39 is 6.10 Å². The number of anilines is 1. The largest absolute Gasteiger partial charge is 0.396 e. The summed E-state index contributed by atoms with van der Waals surface area (Å²) in [6, 6.07) is 0.571. The molecule has 3 unspecified atom stereocenters. The Morgan fingerprint density at radius 1 is 1.33 bits per heavy atom. The first kappa shape index (κ1) is 16.3. The van der Waals surface area contributed by atoms with Gasteiger partial charge in [0.25, 0.3) is 0 Å². The number of aromatic nitrogens is 2. The minimum absolute atomic E-state index is 0.421. The molecular formula is C15H29N5O. The molecule has 1 fully saturated rings. The average molecular weight is 295 g/mol. The van der Waals surface area contributed by atoms with E-state index in [1.165, 1.54) is 0 Å². The van der Waals surface area contributed by atoms with Gasteiger partial charge in [0, 0.05) is 25.7 Å². The minimum atomic E-state index is -0.421. The van der Waals surface area contributed by atoms with E-state index in [0.29, 0.717) is 25.0 Å². The number of hydrogen-bond acceptors (Lipinski definition) is 5. The molecular weight excluding hydrogens is 266 g/mol. The Kier molecular flexibility index (Phi) is 4.91. The van der Waals surface area contributed by atoms with Crippen molar-refractivity contribution in [3.63, 3.8) is 0 Å². The van der Waals surface area contributed by atoms with Crippen LogP contribution in [-0.4, -0.2) is 70.6 Å². The number of likely N-dealkylation sites (N-methyl/N-ethyl adjacent to an activating group) is 1. The van der Waals surface area contributed by atoms with Crippen LogP contribution in [0.3, 0.4) is 0 Å². The number of likely N-dealkylation sites (tertiary alicyclic amines) is 1. The Labute approximate surface area is 127 Å². The Hall–Kier alpha value is -1.11. The number of aliphatic hydroxyl groups excluding tert-OH is 1. The molecule has 120 valence electrons. The Morgan fingerprint density at radius 2 is 2.00 bits per heavy atom. The van der Waals surface area contributed by atoms with Gasteiger partial charge in [-0.05, 0) is 33.9 Å². The van der Waals surface area contributed by atoms with E-state index in [-0.39, 0.29) is 0 Å². The predicted octanol–water partition coefficient (Wildman–Crippen LogP) is 0.325. The van der Waals surface area contributed by atoms with E-state index >= 15 is 0 Å². The molecule has 0 aliphatic carbocycles. The second-order valence-corrected chi connectivity index (χ2v) is 6.65. The van der Waals surface area contributed by atoms with E-state index in [9.17, 15) is 5.11 Å². The van der Waals surface area contributed by atoms with Crippen LogP contribution in [0.25, 0.3) is 0 Å². The van der Waals surface area contributed by atoms with Gasteiger partial charge in [0.2, 0.25) is 0 Å². The summed E-state index contributed by atoms with van der Waals surface area (Å²) in [6.07, 6.45) is -0.421. The number of β-amino-alcohol motifs (C(OH)–C–C–N with tert-alkyl or cyclic N) is 1. The molecule has 0 amide bonds. The van der Waals surface area contributed by atoms with Crippen LogP contribution in [-0.2, 0) is 6.54 Å². The molecule has 0 aromatic carbocycles. The van der Waals surface area contributed by atoms with Crippen LogP contribution in [0.1, 0.15) is 18.3 Å². The minimum Gasteiger partial charge on any atom is -0.396 e. The first-order chi connectivity index (χ1) is 9.79. The standard InChI is InChI=1S/C15H29N5O/c1-10-6-19(9-14(10)18(4)5)7-13(21)8-20-12(3)15(16)11(2)17-20/h10,13-14,21H,6-9,16H2,1-5H3. The SMILES string of the molecule is Cc1nn(CC(O)CN2CC(C)C(N(C)C)C2)c(C)c1N. The molecule has 0 bridgehead atoms. The molecule has 6 nitrogen and oxygen atoms in total. The van der Waals surface area contributed by atoms with Crippen LogP contribution >= 0.6 is 0 Å². The molecule has 2 heterocycles. The highest BCUT2D eigenvalue weighted by atomic mass is 16.3. The van der Waals surface area contributed by atoms with E-state index in [1.54, 1.807) is 0 Å². The van der Waals surface area contributed by atoms with E-state index in [0.717, 1.165) is 30.2 Å². The zero-order valence-corrected chi connectivity index (χ0v) is 13.9. The van der Waals surface area contributed by atoms with Crippen molar-refractivity contribution in [1.29, 1.82) is 0 Å². The summed E-state index contributed by atoms with van der Waals surface area (Å²) in [6.45, 7) is 9.37. The highest BCUT2D eigenvalue weighted by Gasteiger charge is 2.31. The molecule has 1 aromatic heterocycles. The van der Waals surface area contributed by atoms with Gasteiger partial charge in [-0.2, -0.15) is 5.10 Å². The topological polar surface area (TPSA) is 70.5 Å². The van der Waals surface area contributed by atoms with Gasteiger partial charge >= 0.3 is 0 Å². The van der Waals surface area contributed by atoms with E-state index in [1.807, 2.05) is 18.5 Å². The second kappa shape index (κ2) is 6.34. The maximum atomic E-state index is 10.3. The lowest BCUT2D eigenvalue weighted by molar-refractivity contribution is 0.101. The van der Waals surface area contributed by atoms with Crippen molar-refractivity contribution in [2.45, 2.75) is 39.5 Å². The fraction of sp³-hybridized carbons (Fsp3) is 0.800. The summed E-state index contributed by atoms with van der Waals surface area (Å²) in [4.78, 5) is 4.62. The summed E-state index contributed by atoms with van der Waals surface area (Å²) >= 11 is 0. The molecule has 2 rings (SSSR count). The van der Waals surface area contributed by atoms with Gasteiger partial charge in [-0.1, -0.05) is 6.92 Å². The maximum Gasteiger partial charge on any atom is 0.0862 e. The lowest BCUT2D eigenvalue weighted by Gasteiger charge is -2.23. The summed E-state index contributed by atoms with van der Waals surface area (Å²) in [5.41, 5.74) is 8.43. The van der Waals surface area contributed by atoms with Gasteiger partial charge in [0.15, 0.2) is 0 Å². The number of nitrogens with two attached hydrogens (primary N) is 1. The normalized spacial score (nSPS) is 24.9. The summed E-state index contributed by atoms with van der Waals surface area (Å²) in [5.74, 6) is 0.636.